The lowest BCUT2D eigenvalue weighted by atomic mass is 9.92. The SMILES string of the molecule is CCc1cc(Cc2ccc(C)nc2)cc2c(=O)n([C@H]3CCCC[C@@H]3O)cnc12. The minimum atomic E-state index is -0.474. The largest absolute Gasteiger partial charge is 0.391 e. The Bertz CT molecular complexity index is 1040. The number of benzene rings is 1. The van der Waals surface area contributed by atoms with Gasteiger partial charge in [-0.3, -0.25) is 14.3 Å². The fourth-order valence-corrected chi connectivity index (χ4v) is 4.25. The highest BCUT2D eigenvalue weighted by Gasteiger charge is 2.26. The lowest BCUT2D eigenvalue weighted by molar-refractivity contribution is 0.0735. The summed E-state index contributed by atoms with van der Waals surface area (Å²) in [5, 5.41) is 11.0. The zero-order valence-electron chi connectivity index (χ0n) is 16.6. The lowest BCUT2D eigenvalue weighted by Crippen LogP contribution is -2.34. The Hall–Kier alpha value is -2.53. The van der Waals surface area contributed by atoms with Gasteiger partial charge in [-0.2, -0.15) is 0 Å². The van der Waals surface area contributed by atoms with E-state index in [2.05, 4.69) is 29.0 Å². The average molecular weight is 377 g/mol. The van der Waals surface area contributed by atoms with Crippen molar-refractivity contribution in [3.63, 3.8) is 0 Å². The highest BCUT2D eigenvalue weighted by Crippen LogP contribution is 2.28. The first kappa shape index (κ1) is 18.8. The second kappa shape index (κ2) is 7.84. The van der Waals surface area contributed by atoms with Gasteiger partial charge >= 0.3 is 0 Å². The smallest absolute Gasteiger partial charge is 0.261 e. The molecule has 1 aliphatic carbocycles. The Balaban J connectivity index is 1.79. The number of fused-ring (bicyclic) bond motifs is 1. The number of aromatic nitrogens is 3. The molecular weight excluding hydrogens is 350 g/mol. The number of aliphatic hydroxyl groups is 1. The van der Waals surface area contributed by atoms with Crippen LogP contribution < -0.4 is 5.56 Å². The van der Waals surface area contributed by atoms with Crippen molar-refractivity contribution in [2.24, 2.45) is 0 Å². The minimum Gasteiger partial charge on any atom is -0.391 e. The topological polar surface area (TPSA) is 68.0 Å². The number of aryl methyl sites for hydroxylation is 2. The van der Waals surface area contributed by atoms with E-state index >= 15 is 0 Å². The fraction of sp³-hybridized carbons (Fsp3) is 0.435. The zero-order chi connectivity index (χ0) is 19.7. The third kappa shape index (κ3) is 3.59. The summed E-state index contributed by atoms with van der Waals surface area (Å²) in [7, 11) is 0. The van der Waals surface area contributed by atoms with Crippen molar-refractivity contribution < 1.29 is 5.11 Å². The number of hydrogen-bond acceptors (Lipinski definition) is 4. The highest BCUT2D eigenvalue weighted by atomic mass is 16.3. The van der Waals surface area contributed by atoms with Crippen LogP contribution in [0.15, 0.2) is 41.6 Å². The van der Waals surface area contributed by atoms with E-state index in [1.807, 2.05) is 25.3 Å². The molecule has 146 valence electrons. The Labute approximate surface area is 165 Å². The van der Waals surface area contributed by atoms with Gasteiger partial charge in [-0.25, -0.2) is 4.98 Å². The van der Waals surface area contributed by atoms with Gasteiger partial charge < -0.3 is 5.11 Å². The molecule has 2 heterocycles. The van der Waals surface area contributed by atoms with Gasteiger partial charge in [0.1, 0.15) is 0 Å². The van der Waals surface area contributed by atoms with E-state index in [0.717, 1.165) is 66.4 Å². The lowest BCUT2D eigenvalue weighted by Gasteiger charge is -2.29. The van der Waals surface area contributed by atoms with Gasteiger partial charge in [-0.1, -0.05) is 31.9 Å². The molecule has 28 heavy (non-hydrogen) atoms. The van der Waals surface area contributed by atoms with Crippen molar-refractivity contribution >= 4 is 10.9 Å². The molecule has 2 atom stereocenters. The van der Waals surface area contributed by atoms with Crippen LogP contribution in [-0.2, 0) is 12.8 Å². The van der Waals surface area contributed by atoms with Crippen molar-refractivity contribution in [1.82, 2.24) is 14.5 Å². The number of pyridine rings is 1. The van der Waals surface area contributed by atoms with Crippen LogP contribution in [0.3, 0.4) is 0 Å². The van der Waals surface area contributed by atoms with E-state index in [1.54, 1.807) is 10.9 Å². The van der Waals surface area contributed by atoms with E-state index < -0.39 is 6.10 Å². The monoisotopic (exact) mass is 377 g/mol. The van der Waals surface area contributed by atoms with Gasteiger partial charge in [0, 0.05) is 11.9 Å². The molecule has 5 nitrogen and oxygen atoms in total. The standard InChI is InChI=1S/C23H27N3O2/c1-3-18-11-17(10-16-9-8-15(2)24-13-16)12-19-22(18)25-14-26(23(19)28)20-6-4-5-7-21(20)27/h8-9,11-14,20-21,27H,3-7,10H2,1-2H3/t20-,21-/m0/s1. The van der Waals surface area contributed by atoms with E-state index in [1.165, 1.54) is 0 Å². The van der Waals surface area contributed by atoms with Crippen molar-refractivity contribution in [1.29, 1.82) is 0 Å². The van der Waals surface area contributed by atoms with E-state index in [4.69, 9.17) is 0 Å². The summed E-state index contributed by atoms with van der Waals surface area (Å²) < 4.78 is 1.66. The van der Waals surface area contributed by atoms with E-state index in [9.17, 15) is 9.90 Å². The third-order valence-corrected chi connectivity index (χ3v) is 5.84. The summed E-state index contributed by atoms with van der Waals surface area (Å²) in [6.07, 6.45) is 8.22. The molecule has 0 unspecified atom stereocenters. The second-order valence-corrected chi connectivity index (χ2v) is 7.87. The molecule has 1 N–H and O–H groups in total. The summed E-state index contributed by atoms with van der Waals surface area (Å²) in [4.78, 5) is 22.3. The number of nitrogens with zero attached hydrogens (tertiary/aromatic N) is 3. The maximum atomic E-state index is 13.3. The van der Waals surface area contributed by atoms with Crippen LogP contribution in [0.1, 0.15) is 61.0 Å². The van der Waals surface area contributed by atoms with Crippen molar-refractivity contribution in [2.75, 3.05) is 0 Å². The summed E-state index contributed by atoms with van der Waals surface area (Å²) >= 11 is 0. The molecule has 0 bridgehead atoms. The molecule has 4 rings (SSSR count). The highest BCUT2D eigenvalue weighted by molar-refractivity contribution is 5.82. The van der Waals surface area contributed by atoms with E-state index in [-0.39, 0.29) is 11.6 Å². The van der Waals surface area contributed by atoms with Crippen LogP contribution in [0, 0.1) is 6.92 Å². The predicted molar refractivity (Wildman–Crippen MR) is 111 cm³/mol. The van der Waals surface area contributed by atoms with Crippen molar-refractivity contribution in [2.45, 2.75) is 64.5 Å². The second-order valence-electron chi connectivity index (χ2n) is 7.87. The molecule has 0 aliphatic heterocycles. The summed E-state index contributed by atoms with van der Waals surface area (Å²) in [6.45, 7) is 4.06. The quantitative estimate of drug-likeness (QED) is 0.752. The third-order valence-electron chi connectivity index (χ3n) is 5.84. The maximum Gasteiger partial charge on any atom is 0.261 e. The Morgan fingerprint density at radius 3 is 2.68 bits per heavy atom. The molecule has 1 fully saturated rings. The number of aliphatic hydroxyl groups excluding tert-OH is 1. The van der Waals surface area contributed by atoms with Crippen molar-refractivity contribution in [3.8, 4) is 0 Å². The van der Waals surface area contributed by atoms with Crippen LogP contribution in [-0.4, -0.2) is 25.7 Å². The molecule has 2 aromatic heterocycles. The number of hydrogen-bond donors (Lipinski definition) is 1. The fourth-order valence-electron chi connectivity index (χ4n) is 4.25. The molecule has 1 aliphatic rings. The molecule has 1 aromatic carbocycles. The van der Waals surface area contributed by atoms with Gasteiger partial charge in [-0.05, 0) is 61.4 Å². The first-order valence-corrected chi connectivity index (χ1v) is 10.2. The maximum absolute atomic E-state index is 13.3. The normalized spacial score (nSPS) is 19.8. The average Bonchev–Trinajstić information content (AvgIpc) is 2.70. The van der Waals surface area contributed by atoms with Crippen LogP contribution in [0.5, 0.6) is 0 Å². The molecule has 0 spiro atoms. The Morgan fingerprint density at radius 2 is 1.96 bits per heavy atom. The first-order chi connectivity index (χ1) is 13.6. The first-order valence-electron chi connectivity index (χ1n) is 10.2. The Morgan fingerprint density at radius 1 is 1.14 bits per heavy atom. The van der Waals surface area contributed by atoms with Crippen molar-refractivity contribution in [3.05, 3.63) is 69.5 Å². The van der Waals surface area contributed by atoms with Gasteiger partial charge in [0.15, 0.2) is 0 Å². The molecule has 1 saturated carbocycles. The van der Waals surface area contributed by atoms with E-state index in [0.29, 0.717) is 5.39 Å². The van der Waals surface area contributed by atoms with Crippen LogP contribution in [0.25, 0.3) is 10.9 Å². The zero-order valence-corrected chi connectivity index (χ0v) is 16.6. The van der Waals surface area contributed by atoms with Gasteiger partial charge in [0.25, 0.3) is 5.56 Å². The van der Waals surface area contributed by atoms with Gasteiger partial charge in [-0.15, -0.1) is 0 Å². The molecule has 0 amide bonds. The summed E-state index contributed by atoms with van der Waals surface area (Å²) in [6, 6.07) is 8.03. The Kier molecular flexibility index (Phi) is 5.27. The summed E-state index contributed by atoms with van der Waals surface area (Å²) in [5.41, 5.74) is 5.03. The number of rotatable bonds is 4. The molecule has 5 heteroatoms. The minimum absolute atomic E-state index is 0.0467. The van der Waals surface area contributed by atoms with Crippen LogP contribution in [0.4, 0.5) is 0 Å². The molecular formula is C23H27N3O2. The molecule has 0 radical (unpaired) electrons. The van der Waals surface area contributed by atoms with Gasteiger partial charge in [0.2, 0.25) is 0 Å². The van der Waals surface area contributed by atoms with Gasteiger partial charge in [0.05, 0.1) is 29.4 Å². The molecule has 0 saturated heterocycles. The van der Waals surface area contributed by atoms with Crippen LogP contribution >= 0.6 is 0 Å². The molecule has 3 aromatic rings. The predicted octanol–water partition coefficient (Wildman–Crippen LogP) is 3.73. The summed E-state index contributed by atoms with van der Waals surface area (Å²) in [5.74, 6) is 0. The van der Waals surface area contributed by atoms with Crippen LogP contribution in [0.2, 0.25) is 0 Å².